The molecule has 0 amide bonds. The van der Waals surface area contributed by atoms with E-state index in [0.717, 1.165) is 6.20 Å². The number of rotatable bonds is 3. The summed E-state index contributed by atoms with van der Waals surface area (Å²) < 4.78 is 4.72. The van der Waals surface area contributed by atoms with Crippen molar-refractivity contribution in [1.82, 2.24) is 0 Å². The molecule has 0 spiro atoms. The molecule has 0 bridgehead atoms. The van der Waals surface area contributed by atoms with Gasteiger partial charge in [-0.05, 0) is 0 Å². The fourth-order valence-electron chi connectivity index (χ4n) is 1.61. The molecule has 15 heavy (non-hydrogen) atoms. The van der Waals surface area contributed by atoms with Crippen molar-refractivity contribution < 1.29 is 19.4 Å². The first kappa shape index (κ1) is 11.5. The van der Waals surface area contributed by atoms with E-state index in [4.69, 9.17) is 10.5 Å². The first-order valence-corrected chi connectivity index (χ1v) is 4.50. The van der Waals surface area contributed by atoms with Gasteiger partial charge in [0, 0.05) is 12.6 Å². The van der Waals surface area contributed by atoms with Gasteiger partial charge < -0.3 is 20.4 Å². The van der Waals surface area contributed by atoms with Gasteiger partial charge in [-0.1, -0.05) is 6.08 Å². The summed E-state index contributed by atoms with van der Waals surface area (Å²) >= 11 is 0. The van der Waals surface area contributed by atoms with Crippen LogP contribution in [-0.2, 0) is 14.3 Å². The number of ether oxygens (including phenoxy) is 1. The third kappa shape index (κ3) is 1.78. The molecule has 0 saturated carbocycles. The van der Waals surface area contributed by atoms with Gasteiger partial charge in [-0.15, -0.1) is 6.58 Å². The maximum Gasteiger partial charge on any atom is 0.338 e. The van der Waals surface area contributed by atoms with Crippen LogP contribution in [0.5, 0.6) is 0 Å². The van der Waals surface area contributed by atoms with E-state index >= 15 is 0 Å². The van der Waals surface area contributed by atoms with Crippen LogP contribution in [-0.4, -0.2) is 29.6 Å². The zero-order chi connectivity index (χ0) is 11.5. The van der Waals surface area contributed by atoms with E-state index in [1.807, 2.05) is 0 Å². The van der Waals surface area contributed by atoms with E-state index in [1.54, 1.807) is 0 Å². The number of cyclic esters (lactones) is 1. The Kier molecular flexibility index (Phi) is 3.26. The summed E-state index contributed by atoms with van der Waals surface area (Å²) in [5, 5.41) is 10.2. The monoisotopic (exact) mass is 211 g/mol. The van der Waals surface area contributed by atoms with Crippen LogP contribution in [0.4, 0.5) is 0 Å². The molecule has 0 aromatic rings. The summed E-state index contributed by atoms with van der Waals surface area (Å²) in [6.07, 6.45) is 2.93. The summed E-state index contributed by atoms with van der Waals surface area (Å²) in [4.78, 5) is 22.1. The predicted octanol–water partition coefficient (Wildman–Crippen LogP) is -0.492. The Bertz CT molecular complexity index is 315. The highest BCUT2D eigenvalue weighted by molar-refractivity contribution is 5.92. The van der Waals surface area contributed by atoms with Gasteiger partial charge in [0.05, 0.1) is 18.1 Å². The lowest BCUT2D eigenvalue weighted by Gasteiger charge is -2.35. The molecular formula is C10H13NO4. The topological polar surface area (TPSA) is 89.6 Å². The molecule has 1 aliphatic rings. The second kappa shape index (κ2) is 4.27. The molecular weight excluding hydrogens is 198 g/mol. The van der Waals surface area contributed by atoms with Crippen molar-refractivity contribution in [1.29, 1.82) is 0 Å². The number of hydrogen-bond donors (Lipinski definition) is 2. The van der Waals surface area contributed by atoms with E-state index in [1.165, 1.54) is 6.08 Å². The van der Waals surface area contributed by atoms with Crippen LogP contribution in [0.3, 0.4) is 0 Å². The molecule has 0 aliphatic carbocycles. The van der Waals surface area contributed by atoms with Crippen LogP contribution in [0.2, 0.25) is 0 Å². The van der Waals surface area contributed by atoms with Crippen molar-refractivity contribution in [3.05, 3.63) is 24.4 Å². The summed E-state index contributed by atoms with van der Waals surface area (Å²) in [5.41, 5.74) is 3.56. The van der Waals surface area contributed by atoms with E-state index in [9.17, 15) is 14.7 Å². The summed E-state index contributed by atoms with van der Waals surface area (Å²) in [7, 11) is 0. The van der Waals surface area contributed by atoms with Crippen LogP contribution in [0.15, 0.2) is 24.4 Å². The average molecular weight is 211 g/mol. The van der Waals surface area contributed by atoms with Crippen molar-refractivity contribution in [2.24, 2.45) is 11.7 Å². The molecule has 5 heteroatoms. The fraction of sp³-hybridized carbons (Fsp3) is 0.400. The van der Waals surface area contributed by atoms with E-state index in [2.05, 4.69) is 6.58 Å². The maximum absolute atomic E-state index is 11.3. The maximum atomic E-state index is 11.3. The van der Waals surface area contributed by atoms with Gasteiger partial charge in [0.25, 0.3) is 0 Å². The molecule has 3 N–H and O–H groups in total. The molecule has 0 radical (unpaired) electrons. The van der Waals surface area contributed by atoms with Crippen LogP contribution >= 0.6 is 0 Å². The SMILES string of the molecule is C=CC(C=O)C1(O)CCOC(=O)/C1=C\N. The van der Waals surface area contributed by atoms with Gasteiger partial charge in [0.1, 0.15) is 11.9 Å². The first-order chi connectivity index (χ1) is 7.10. The largest absolute Gasteiger partial charge is 0.462 e. The Morgan fingerprint density at radius 1 is 1.67 bits per heavy atom. The Morgan fingerprint density at radius 2 is 2.33 bits per heavy atom. The average Bonchev–Trinajstić information content (AvgIpc) is 2.19. The number of carbonyl (C=O) groups excluding carboxylic acids is 2. The minimum Gasteiger partial charge on any atom is -0.462 e. The number of hydrogen-bond acceptors (Lipinski definition) is 5. The molecule has 1 heterocycles. The van der Waals surface area contributed by atoms with Crippen LogP contribution in [0.1, 0.15) is 6.42 Å². The molecule has 0 aromatic heterocycles. The summed E-state index contributed by atoms with van der Waals surface area (Å²) in [6.45, 7) is 3.50. The van der Waals surface area contributed by atoms with Crippen LogP contribution in [0.25, 0.3) is 0 Å². The Hall–Kier alpha value is -1.62. The second-order valence-corrected chi connectivity index (χ2v) is 3.29. The van der Waals surface area contributed by atoms with Gasteiger partial charge in [-0.2, -0.15) is 0 Å². The smallest absolute Gasteiger partial charge is 0.338 e. The third-order valence-electron chi connectivity index (χ3n) is 2.52. The molecule has 82 valence electrons. The van der Waals surface area contributed by atoms with Crippen LogP contribution in [0, 0.1) is 5.92 Å². The van der Waals surface area contributed by atoms with Crippen LogP contribution < -0.4 is 5.73 Å². The van der Waals surface area contributed by atoms with E-state index in [-0.39, 0.29) is 18.6 Å². The van der Waals surface area contributed by atoms with Crippen molar-refractivity contribution >= 4 is 12.3 Å². The lowest BCUT2D eigenvalue weighted by molar-refractivity contribution is -0.150. The molecule has 1 fully saturated rings. The number of aliphatic hydroxyl groups is 1. The van der Waals surface area contributed by atoms with Gasteiger partial charge in [0.2, 0.25) is 0 Å². The summed E-state index contributed by atoms with van der Waals surface area (Å²) in [5.74, 6) is -1.56. The second-order valence-electron chi connectivity index (χ2n) is 3.29. The zero-order valence-electron chi connectivity index (χ0n) is 8.18. The lowest BCUT2D eigenvalue weighted by Crippen LogP contribution is -2.47. The number of aldehydes is 1. The Morgan fingerprint density at radius 3 is 2.80 bits per heavy atom. The molecule has 0 aromatic carbocycles. The highest BCUT2D eigenvalue weighted by atomic mass is 16.5. The highest BCUT2D eigenvalue weighted by Gasteiger charge is 2.45. The van der Waals surface area contributed by atoms with Crippen molar-refractivity contribution in [3.8, 4) is 0 Å². The van der Waals surface area contributed by atoms with E-state index < -0.39 is 17.5 Å². The summed E-state index contributed by atoms with van der Waals surface area (Å²) in [6, 6.07) is 0. The third-order valence-corrected chi connectivity index (χ3v) is 2.52. The normalized spacial score (nSPS) is 30.7. The Balaban J connectivity index is 3.12. The fourth-order valence-corrected chi connectivity index (χ4v) is 1.61. The van der Waals surface area contributed by atoms with Crippen molar-refractivity contribution in [3.63, 3.8) is 0 Å². The minimum absolute atomic E-state index is 0.0604. The molecule has 2 atom stereocenters. The van der Waals surface area contributed by atoms with Gasteiger partial charge in [-0.25, -0.2) is 4.79 Å². The highest BCUT2D eigenvalue weighted by Crippen LogP contribution is 2.33. The molecule has 1 rings (SSSR count). The lowest BCUT2D eigenvalue weighted by atomic mass is 9.78. The number of carbonyl (C=O) groups is 2. The zero-order valence-corrected chi connectivity index (χ0v) is 8.18. The molecule has 5 nitrogen and oxygen atoms in total. The first-order valence-electron chi connectivity index (χ1n) is 4.50. The quantitative estimate of drug-likeness (QED) is 0.284. The van der Waals surface area contributed by atoms with Gasteiger partial charge in [0.15, 0.2) is 0 Å². The number of nitrogens with two attached hydrogens (primary N) is 1. The van der Waals surface area contributed by atoms with E-state index in [0.29, 0.717) is 6.29 Å². The number of esters is 1. The van der Waals surface area contributed by atoms with Crippen molar-refractivity contribution in [2.75, 3.05) is 6.61 Å². The van der Waals surface area contributed by atoms with Gasteiger partial charge >= 0.3 is 5.97 Å². The molecule has 1 aliphatic heterocycles. The van der Waals surface area contributed by atoms with Gasteiger partial charge in [-0.3, -0.25) is 0 Å². The standard InChI is InChI=1S/C10H13NO4/c1-2-7(6-12)10(14)3-4-15-9(13)8(10)5-11/h2,5-7,14H,1,3-4,11H2/b8-5+. The minimum atomic E-state index is -1.59. The molecule has 1 saturated heterocycles. The molecule has 2 unspecified atom stereocenters. The predicted molar refractivity (Wildman–Crippen MR) is 52.5 cm³/mol. The Labute approximate surface area is 87.2 Å². The van der Waals surface area contributed by atoms with Crippen molar-refractivity contribution in [2.45, 2.75) is 12.0 Å².